The second-order valence-electron chi connectivity index (χ2n) is 11.2. The van der Waals surface area contributed by atoms with E-state index in [1.165, 1.54) is 6.07 Å². The molecule has 34 heavy (non-hydrogen) atoms. The quantitative estimate of drug-likeness (QED) is 0.532. The highest BCUT2D eigenvalue weighted by Gasteiger charge is 2.59. The molecule has 9 heteroatoms. The zero-order chi connectivity index (χ0) is 24.3. The summed E-state index contributed by atoms with van der Waals surface area (Å²) >= 11 is 0. The largest absolute Gasteiger partial charge is 0.369 e. The highest BCUT2D eigenvalue weighted by molar-refractivity contribution is 7.74. The standard InChI is InChI=1S/C25H34FN3O4S/c1-15-5-6-19(11-20(15)26)29(34(32)33)25(7-3-2-4-8-25)23(31)28-21-17-9-16-10-18(21)14-24(12-16,13-17)22(27)30/h5-6,11,16-18,21,34H,2-4,7-10,12-14H2,1H3,(H2,27,30)(H,28,31). The van der Waals surface area contributed by atoms with Gasteiger partial charge in [0.25, 0.3) is 0 Å². The van der Waals surface area contributed by atoms with E-state index in [0.29, 0.717) is 37.2 Å². The van der Waals surface area contributed by atoms with Gasteiger partial charge >= 0.3 is 0 Å². The molecule has 0 spiro atoms. The zero-order valence-corrected chi connectivity index (χ0v) is 20.5. The van der Waals surface area contributed by atoms with Crippen LogP contribution in [0.4, 0.5) is 10.1 Å². The van der Waals surface area contributed by atoms with E-state index in [4.69, 9.17) is 5.73 Å². The van der Waals surface area contributed by atoms with Crippen LogP contribution in [0.1, 0.15) is 69.8 Å². The Hall–Kier alpha value is -2.16. The van der Waals surface area contributed by atoms with Crippen molar-refractivity contribution < 1.29 is 22.4 Å². The highest BCUT2D eigenvalue weighted by atomic mass is 32.2. The van der Waals surface area contributed by atoms with Crippen molar-refractivity contribution in [3.63, 3.8) is 0 Å². The second-order valence-corrected chi connectivity index (χ2v) is 12.1. The number of primary amides is 1. The van der Waals surface area contributed by atoms with Crippen molar-refractivity contribution in [3.05, 3.63) is 29.6 Å². The maximum atomic E-state index is 14.4. The summed E-state index contributed by atoms with van der Waals surface area (Å²) in [5.41, 5.74) is 4.69. The van der Waals surface area contributed by atoms with Crippen LogP contribution in [0.3, 0.4) is 0 Å². The van der Waals surface area contributed by atoms with Gasteiger partial charge < -0.3 is 11.1 Å². The molecule has 1 aromatic rings. The Bertz CT molecular complexity index is 1060. The molecular formula is C25H34FN3O4S. The van der Waals surface area contributed by atoms with Gasteiger partial charge in [-0.15, -0.1) is 0 Å². The molecular weight excluding hydrogens is 457 g/mol. The summed E-state index contributed by atoms with van der Waals surface area (Å²) < 4.78 is 40.7. The number of rotatable bonds is 6. The molecule has 2 unspecified atom stereocenters. The lowest BCUT2D eigenvalue weighted by Gasteiger charge is -2.59. The van der Waals surface area contributed by atoms with Crippen molar-refractivity contribution in [2.45, 2.75) is 82.7 Å². The van der Waals surface area contributed by atoms with Crippen LogP contribution < -0.4 is 15.4 Å². The Morgan fingerprint density at radius 1 is 1.09 bits per heavy atom. The third-order valence-electron chi connectivity index (χ3n) is 9.17. The maximum absolute atomic E-state index is 14.4. The predicted octanol–water partition coefficient (Wildman–Crippen LogP) is 2.97. The van der Waals surface area contributed by atoms with E-state index in [9.17, 15) is 22.4 Å². The maximum Gasteiger partial charge on any atom is 0.247 e. The average molecular weight is 492 g/mol. The Kier molecular flexibility index (Phi) is 5.89. The fourth-order valence-corrected chi connectivity index (χ4v) is 8.65. The number of hydrogen-bond donors (Lipinski definition) is 3. The van der Waals surface area contributed by atoms with Crippen LogP contribution in [0.25, 0.3) is 0 Å². The monoisotopic (exact) mass is 491 g/mol. The van der Waals surface area contributed by atoms with Gasteiger partial charge in [-0.2, -0.15) is 0 Å². The smallest absolute Gasteiger partial charge is 0.247 e. The van der Waals surface area contributed by atoms with E-state index < -0.39 is 27.7 Å². The number of benzene rings is 1. The fraction of sp³-hybridized carbons (Fsp3) is 0.680. The SMILES string of the molecule is Cc1ccc(N([SH](=O)=O)C2(C(=O)NC3C4CC5CC3CC(C(N)=O)(C5)C4)CCCCC2)cc1F. The molecule has 6 rings (SSSR count). The van der Waals surface area contributed by atoms with Gasteiger partial charge in [0.1, 0.15) is 11.4 Å². The summed E-state index contributed by atoms with van der Waals surface area (Å²) in [7, 11) is -3.17. The molecule has 7 nitrogen and oxygen atoms in total. The Labute approximate surface area is 201 Å². The number of aryl methyl sites for hydroxylation is 1. The van der Waals surface area contributed by atoms with Crippen LogP contribution in [0.15, 0.2) is 18.2 Å². The van der Waals surface area contributed by atoms with Crippen LogP contribution in [-0.4, -0.2) is 31.8 Å². The minimum Gasteiger partial charge on any atom is -0.369 e. The molecule has 0 radical (unpaired) electrons. The second kappa shape index (κ2) is 8.50. The molecule has 0 aromatic heterocycles. The molecule has 4 bridgehead atoms. The van der Waals surface area contributed by atoms with E-state index in [1.54, 1.807) is 19.1 Å². The van der Waals surface area contributed by atoms with Crippen molar-refractivity contribution in [1.29, 1.82) is 0 Å². The molecule has 5 fully saturated rings. The van der Waals surface area contributed by atoms with Crippen molar-refractivity contribution in [2.24, 2.45) is 28.9 Å². The first-order valence-corrected chi connectivity index (χ1v) is 13.6. The molecule has 0 saturated heterocycles. The first-order chi connectivity index (χ1) is 16.1. The number of amides is 2. The summed E-state index contributed by atoms with van der Waals surface area (Å²) in [5, 5.41) is 3.27. The van der Waals surface area contributed by atoms with E-state index in [2.05, 4.69) is 5.32 Å². The van der Waals surface area contributed by atoms with Gasteiger partial charge in [-0.05, 0) is 87.3 Å². The van der Waals surface area contributed by atoms with Crippen molar-refractivity contribution in [3.8, 4) is 0 Å². The number of halogens is 1. The lowest BCUT2D eigenvalue weighted by Crippen LogP contribution is -2.66. The van der Waals surface area contributed by atoms with Gasteiger partial charge in [0.05, 0.1) is 5.69 Å². The zero-order valence-electron chi connectivity index (χ0n) is 19.6. The van der Waals surface area contributed by atoms with E-state index in [0.717, 1.165) is 42.8 Å². The molecule has 1 aromatic carbocycles. The number of hydrogen-bond acceptors (Lipinski definition) is 4. The van der Waals surface area contributed by atoms with Gasteiger partial charge in [-0.25, -0.2) is 12.8 Å². The van der Waals surface area contributed by atoms with E-state index >= 15 is 0 Å². The minimum atomic E-state index is -3.17. The first-order valence-electron chi connectivity index (χ1n) is 12.5. The summed E-state index contributed by atoms with van der Waals surface area (Å²) in [6.07, 6.45) is 7.34. The summed E-state index contributed by atoms with van der Waals surface area (Å²) in [4.78, 5) is 26.3. The van der Waals surface area contributed by atoms with Crippen LogP contribution >= 0.6 is 0 Å². The predicted molar refractivity (Wildman–Crippen MR) is 127 cm³/mol. The van der Waals surface area contributed by atoms with Crippen LogP contribution in [0.5, 0.6) is 0 Å². The van der Waals surface area contributed by atoms with Gasteiger partial charge in [0, 0.05) is 11.5 Å². The summed E-state index contributed by atoms with van der Waals surface area (Å²) in [6, 6.07) is 4.25. The lowest BCUT2D eigenvalue weighted by atomic mass is 9.47. The number of nitrogens with two attached hydrogens (primary N) is 1. The van der Waals surface area contributed by atoms with Gasteiger partial charge in [-0.1, -0.05) is 25.3 Å². The molecule has 5 saturated carbocycles. The number of carbonyl (C=O) groups is 2. The Morgan fingerprint density at radius 2 is 1.74 bits per heavy atom. The molecule has 0 aliphatic heterocycles. The topological polar surface area (TPSA) is 110 Å². The molecule has 2 amide bonds. The van der Waals surface area contributed by atoms with E-state index in [-0.39, 0.29) is 35.4 Å². The fourth-order valence-electron chi connectivity index (χ4n) is 7.73. The lowest BCUT2D eigenvalue weighted by molar-refractivity contribution is -0.148. The van der Waals surface area contributed by atoms with Crippen molar-refractivity contribution >= 4 is 28.4 Å². The molecule has 2 atom stereocenters. The van der Waals surface area contributed by atoms with E-state index in [1.807, 2.05) is 0 Å². The van der Waals surface area contributed by atoms with Crippen LogP contribution in [0.2, 0.25) is 0 Å². The number of nitrogens with zero attached hydrogens (tertiary/aromatic N) is 1. The van der Waals surface area contributed by atoms with Crippen molar-refractivity contribution in [2.75, 3.05) is 4.31 Å². The highest BCUT2D eigenvalue weighted by Crippen LogP contribution is 2.60. The van der Waals surface area contributed by atoms with Crippen LogP contribution in [-0.2, 0) is 20.5 Å². The Morgan fingerprint density at radius 3 is 2.29 bits per heavy atom. The third-order valence-corrected chi connectivity index (χ3v) is 10.1. The number of carbonyl (C=O) groups excluding carboxylic acids is 2. The summed E-state index contributed by atoms with van der Waals surface area (Å²) in [5.74, 6) is -0.202. The number of thiol groups is 1. The Balaban J connectivity index is 1.46. The third kappa shape index (κ3) is 3.71. The van der Waals surface area contributed by atoms with Crippen molar-refractivity contribution in [1.82, 2.24) is 5.32 Å². The van der Waals surface area contributed by atoms with Gasteiger partial charge in [0.2, 0.25) is 22.7 Å². The molecule has 5 aliphatic carbocycles. The molecule has 186 valence electrons. The van der Waals surface area contributed by atoms with Crippen LogP contribution in [0, 0.1) is 35.9 Å². The average Bonchev–Trinajstić information content (AvgIpc) is 2.78. The molecule has 0 heterocycles. The normalized spacial score (nSPS) is 33.6. The molecule has 3 N–H and O–H groups in total. The number of anilines is 1. The van der Waals surface area contributed by atoms with Gasteiger partial charge in [0.15, 0.2) is 0 Å². The first kappa shape index (κ1) is 23.6. The summed E-state index contributed by atoms with van der Waals surface area (Å²) in [6.45, 7) is 1.62. The van der Waals surface area contributed by atoms with Gasteiger partial charge in [-0.3, -0.25) is 13.9 Å². The molecule has 5 aliphatic rings. The number of nitrogens with one attached hydrogen (secondary N) is 1. The minimum absolute atomic E-state index is 0.0866.